The van der Waals surface area contributed by atoms with E-state index in [1.54, 1.807) is 24.3 Å². The van der Waals surface area contributed by atoms with Crippen molar-refractivity contribution in [1.29, 1.82) is 0 Å². The number of nitrogens with zero attached hydrogens (tertiary/aromatic N) is 1. The lowest BCUT2D eigenvalue weighted by Gasteiger charge is -1.99. The van der Waals surface area contributed by atoms with Crippen molar-refractivity contribution < 1.29 is 9.90 Å². The molecule has 0 saturated carbocycles. The fraction of sp³-hybridized carbons (Fsp3) is 0.111. The lowest BCUT2D eigenvalue weighted by molar-refractivity contribution is -0.136. The Balaban J connectivity index is 2.89. The summed E-state index contributed by atoms with van der Waals surface area (Å²) in [5, 5.41) is 8.55. The van der Waals surface area contributed by atoms with Crippen molar-refractivity contribution in [3.63, 3.8) is 0 Å². The Labute approximate surface area is 81.1 Å². The van der Waals surface area contributed by atoms with Gasteiger partial charge in [-0.2, -0.15) is 0 Å². The van der Waals surface area contributed by atoms with E-state index in [1.807, 2.05) is 0 Å². The largest absolute Gasteiger partial charge is 0.481 e. The van der Waals surface area contributed by atoms with Gasteiger partial charge in [-0.05, 0) is 17.7 Å². The molecule has 74 valence electrons. The third kappa shape index (κ3) is 3.14. The lowest BCUT2D eigenvalue weighted by Crippen LogP contribution is -2.21. The smallest absolute Gasteiger partial charge is 0.307 e. The summed E-state index contributed by atoms with van der Waals surface area (Å²) in [5.74, 6) is -0.927. The van der Waals surface area contributed by atoms with Gasteiger partial charge in [0.1, 0.15) is 0 Å². The highest BCUT2D eigenvalue weighted by atomic mass is 16.4. The number of carboxylic acids is 1. The number of aliphatic imine (C=N–C) groups is 1. The molecular weight excluding hydrogens is 182 g/mol. The molecule has 0 bridgehead atoms. The predicted octanol–water partition coefficient (Wildman–Crippen LogP) is 0.219. The summed E-state index contributed by atoms with van der Waals surface area (Å²) < 4.78 is 0. The number of rotatable bonds is 3. The van der Waals surface area contributed by atoms with Crippen molar-refractivity contribution in [3.05, 3.63) is 29.8 Å². The van der Waals surface area contributed by atoms with Crippen molar-refractivity contribution in [1.82, 2.24) is 0 Å². The molecule has 14 heavy (non-hydrogen) atoms. The van der Waals surface area contributed by atoms with Crippen LogP contribution in [0.3, 0.4) is 0 Å². The maximum Gasteiger partial charge on any atom is 0.307 e. The van der Waals surface area contributed by atoms with Gasteiger partial charge in [0.05, 0.1) is 12.1 Å². The first-order valence-electron chi connectivity index (χ1n) is 3.98. The van der Waals surface area contributed by atoms with Gasteiger partial charge in [0, 0.05) is 0 Å². The minimum absolute atomic E-state index is 0.0339. The molecule has 5 heteroatoms. The van der Waals surface area contributed by atoms with Gasteiger partial charge >= 0.3 is 5.97 Å². The van der Waals surface area contributed by atoms with E-state index in [2.05, 4.69) is 4.99 Å². The van der Waals surface area contributed by atoms with Gasteiger partial charge in [-0.1, -0.05) is 12.1 Å². The van der Waals surface area contributed by atoms with E-state index >= 15 is 0 Å². The van der Waals surface area contributed by atoms with Crippen LogP contribution in [0.1, 0.15) is 5.56 Å². The summed E-state index contributed by atoms with van der Waals surface area (Å²) in [5.41, 5.74) is 11.6. The Morgan fingerprint density at radius 3 is 2.71 bits per heavy atom. The fourth-order valence-electron chi connectivity index (χ4n) is 1.06. The first-order chi connectivity index (χ1) is 6.58. The fourth-order valence-corrected chi connectivity index (χ4v) is 1.06. The van der Waals surface area contributed by atoms with Gasteiger partial charge in [0.2, 0.25) is 0 Å². The average Bonchev–Trinajstić information content (AvgIpc) is 2.01. The number of benzene rings is 1. The van der Waals surface area contributed by atoms with E-state index in [4.69, 9.17) is 16.6 Å². The molecule has 5 nitrogen and oxygen atoms in total. The third-order valence-corrected chi connectivity index (χ3v) is 1.52. The molecule has 1 rings (SSSR count). The van der Waals surface area contributed by atoms with Gasteiger partial charge < -0.3 is 16.6 Å². The predicted molar refractivity (Wildman–Crippen MR) is 53.3 cm³/mol. The zero-order chi connectivity index (χ0) is 10.6. The SMILES string of the molecule is NC(N)=Nc1cccc(CC(=O)O)c1. The van der Waals surface area contributed by atoms with E-state index in [1.165, 1.54) is 0 Å². The second-order valence-electron chi connectivity index (χ2n) is 2.78. The van der Waals surface area contributed by atoms with Crippen LogP contribution >= 0.6 is 0 Å². The Kier molecular flexibility index (Phi) is 3.06. The van der Waals surface area contributed by atoms with Gasteiger partial charge in [-0.3, -0.25) is 4.79 Å². The summed E-state index contributed by atoms with van der Waals surface area (Å²) in [7, 11) is 0. The van der Waals surface area contributed by atoms with Crippen LogP contribution in [-0.2, 0) is 11.2 Å². The summed E-state index contributed by atoms with van der Waals surface area (Å²) >= 11 is 0. The Hall–Kier alpha value is -2.04. The second kappa shape index (κ2) is 4.27. The number of hydrogen-bond donors (Lipinski definition) is 3. The van der Waals surface area contributed by atoms with Crippen molar-refractivity contribution >= 4 is 17.6 Å². The van der Waals surface area contributed by atoms with E-state index in [0.29, 0.717) is 11.3 Å². The number of aliphatic carboxylic acids is 1. The third-order valence-electron chi connectivity index (χ3n) is 1.52. The molecule has 0 unspecified atom stereocenters. The van der Waals surface area contributed by atoms with E-state index < -0.39 is 5.97 Å². The summed E-state index contributed by atoms with van der Waals surface area (Å²) in [6, 6.07) is 6.75. The van der Waals surface area contributed by atoms with Crippen LogP contribution in [0.25, 0.3) is 0 Å². The highest BCUT2D eigenvalue weighted by Gasteiger charge is 2.00. The topological polar surface area (TPSA) is 102 Å². The molecule has 0 aromatic heterocycles. The number of nitrogens with two attached hydrogens (primary N) is 2. The van der Waals surface area contributed by atoms with Crippen LogP contribution in [0.15, 0.2) is 29.3 Å². The van der Waals surface area contributed by atoms with Crippen LogP contribution < -0.4 is 11.5 Å². The van der Waals surface area contributed by atoms with Crippen LogP contribution in [0.5, 0.6) is 0 Å². The molecule has 5 N–H and O–H groups in total. The molecule has 0 atom stereocenters. The van der Waals surface area contributed by atoms with Gasteiger partial charge in [-0.25, -0.2) is 4.99 Å². The molecule has 0 spiro atoms. The molecule has 0 aliphatic carbocycles. The molecule has 1 aromatic carbocycles. The Bertz CT molecular complexity index is 370. The van der Waals surface area contributed by atoms with Gasteiger partial charge in [0.25, 0.3) is 0 Å². The van der Waals surface area contributed by atoms with Crippen LogP contribution in [-0.4, -0.2) is 17.0 Å². The number of carbonyl (C=O) groups is 1. The van der Waals surface area contributed by atoms with Crippen LogP contribution in [0.2, 0.25) is 0 Å². The number of guanidine groups is 1. The molecule has 0 saturated heterocycles. The summed E-state index contributed by atoms with van der Waals surface area (Å²) in [6.07, 6.45) is -0.0339. The second-order valence-corrected chi connectivity index (χ2v) is 2.78. The molecule has 0 fully saturated rings. The molecule has 0 aliphatic heterocycles. The van der Waals surface area contributed by atoms with E-state index in [0.717, 1.165) is 0 Å². The molecule has 0 heterocycles. The maximum atomic E-state index is 10.4. The summed E-state index contributed by atoms with van der Waals surface area (Å²) in [6.45, 7) is 0. The zero-order valence-corrected chi connectivity index (χ0v) is 7.47. The van der Waals surface area contributed by atoms with Gasteiger partial charge in [-0.15, -0.1) is 0 Å². The normalized spacial score (nSPS) is 9.43. The minimum atomic E-state index is -0.883. The van der Waals surface area contributed by atoms with E-state index in [-0.39, 0.29) is 12.4 Å². The highest BCUT2D eigenvalue weighted by Crippen LogP contribution is 2.13. The first kappa shape index (κ1) is 10.0. The number of hydrogen-bond acceptors (Lipinski definition) is 2. The molecule has 0 aliphatic rings. The molecule has 0 radical (unpaired) electrons. The molecule has 0 amide bonds. The van der Waals surface area contributed by atoms with Crippen molar-refractivity contribution in [3.8, 4) is 0 Å². The maximum absolute atomic E-state index is 10.4. The van der Waals surface area contributed by atoms with Crippen LogP contribution in [0, 0.1) is 0 Å². The lowest BCUT2D eigenvalue weighted by atomic mass is 10.1. The highest BCUT2D eigenvalue weighted by molar-refractivity contribution is 5.79. The van der Waals surface area contributed by atoms with Crippen molar-refractivity contribution in [2.75, 3.05) is 0 Å². The quantitative estimate of drug-likeness (QED) is 0.472. The van der Waals surface area contributed by atoms with Crippen LogP contribution in [0.4, 0.5) is 5.69 Å². The van der Waals surface area contributed by atoms with Gasteiger partial charge in [0.15, 0.2) is 5.96 Å². The molecular formula is C9H11N3O2. The monoisotopic (exact) mass is 193 g/mol. The Morgan fingerprint density at radius 2 is 2.14 bits per heavy atom. The Morgan fingerprint density at radius 1 is 1.43 bits per heavy atom. The standard InChI is InChI=1S/C9H11N3O2/c10-9(11)12-7-3-1-2-6(4-7)5-8(13)14/h1-4H,5H2,(H,13,14)(H4,10,11,12). The first-order valence-corrected chi connectivity index (χ1v) is 3.98. The number of carboxylic acid groups (broad SMARTS) is 1. The van der Waals surface area contributed by atoms with Crippen molar-refractivity contribution in [2.45, 2.75) is 6.42 Å². The van der Waals surface area contributed by atoms with E-state index in [9.17, 15) is 4.79 Å². The average molecular weight is 193 g/mol. The summed E-state index contributed by atoms with van der Waals surface area (Å²) in [4.78, 5) is 14.2. The zero-order valence-electron chi connectivity index (χ0n) is 7.47. The molecule has 1 aromatic rings. The van der Waals surface area contributed by atoms with Crippen molar-refractivity contribution in [2.24, 2.45) is 16.5 Å². The minimum Gasteiger partial charge on any atom is -0.481 e.